The Morgan fingerprint density at radius 3 is 1.56 bits per heavy atom. The van der Waals surface area contributed by atoms with E-state index in [4.69, 9.17) is 9.41 Å². The number of nitrogens with zero attached hydrogens (tertiary/aromatic N) is 2. The van der Waals surface area contributed by atoms with Gasteiger partial charge >= 0.3 is 0 Å². The fourth-order valence-electron chi connectivity index (χ4n) is 8.09. The molecule has 0 saturated carbocycles. The van der Waals surface area contributed by atoms with Gasteiger partial charge in [-0.1, -0.05) is 104 Å². The zero-order valence-corrected chi connectivity index (χ0v) is 35.0. The maximum Gasteiger partial charge on any atom is 0.139 e. The Hall–Kier alpha value is -4.63. The Bertz CT molecular complexity index is 2330. The number of fused-ring (bicyclic) bond motifs is 3. The van der Waals surface area contributed by atoms with Gasteiger partial charge in [-0.3, -0.25) is 0 Å². The van der Waals surface area contributed by atoms with Crippen LogP contribution in [0.5, 0.6) is 0 Å². The van der Waals surface area contributed by atoms with Gasteiger partial charge in [0, 0.05) is 60.7 Å². The van der Waals surface area contributed by atoms with Gasteiger partial charge in [-0.2, -0.15) is 0 Å². The molecule has 2 unspecified atom stereocenters. The summed E-state index contributed by atoms with van der Waals surface area (Å²) in [7, 11) is 0. The Morgan fingerprint density at radius 2 is 1.06 bits per heavy atom. The number of allylic oxidation sites excluding steroid dienone is 2. The fraction of sp³-hybridized carbons (Fsp3) is 0.280. The van der Waals surface area contributed by atoms with Gasteiger partial charge in [0.05, 0.1) is 0 Å². The first-order valence-electron chi connectivity index (χ1n) is 19.2. The Labute approximate surface area is 335 Å². The van der Waals surface area contributed by atoms with Crippen molar-refractivity contribution in [2.75, 3.05) is 0 Å². The van der Waals surface area contributed by atoms with E-state index in [2.05, 4.69) is 151 Å². The molecule has 1 aromatic heterocycles. The third-order valence-electron chi connectivity index (χ3n) is 10.6. The second kappa shape index (κ2) is 16.8. The predicted octanol–water partition coefficient (Wildman–Crippen LogP) is 13.6. The van der Waals surface area contributed by atoms with Gasteiger partial charge in [0.1, 0.15) is 11.2 Å². The number of aliphatic imine (C=N–C) groups is 2. The Balaban J connectivity index is 0.000000187. The Morgan fingerprint density at radius 1 is 0.537 bits per heavy atom. The van der Waals surface area contributed by atoms with Gasteiger partial charge in [-0.25, -0.2) is 0 Å². The normalized spacial score (nSPS) is 16.4. The molecule has 0 bridgehead atoms. The minimum atomic E-state index is 0. The van der Waals surface area contributed by atoms with Crippen molar-refractivity contribution in [2.24, 2.45) is 9.98 Å². The Kier molecular flexibility index (Phi) is 12.2. The number of furan rings is 1. The fourth-order valence-corrected chi connectivity index (χ4v) is 8.09. The predicted molar refractivity (Wildman–Crippen MR) is 224 cm³/mol. The first-order valence-corrected chi connectivity index (χ1v) is 19.2. The van der Waals surface area contributed by atoms with Gasteiger partial charge in [0.15, 0.2) is 0 Å². The summed E-state index contributed by atoms with van der Waals surface area (Å²) in [6.07, 6.45) is 8.33. The number of benzene rings is 5. The van der Waals surface area contributed by atoms with Crippen LogP contribution in [0.2, 0.25) is 0 Å². The number of para-hydroxylation sites is 1. The zero-order chi connectivity index (χ0) is 37.2. The molecule has 6 aromatic rings. The number of hydrogen-bond donors (Lipinski definition) is 0. The number of rotatable bonds is 8. The summed E-state index contributed by atoms with van der Waals surface area (Å²) < 4.78 is 6.45. The first-order chi connectivity index (χ1) is 25.7. The molecule has 0 saturated heterocycles. The smallest absolute Gasteiger partial charge is 0.139 e. The van der Waals surface area contributed by atoms with E-state index < -0.39 is 0 Å². The van der Waals surface area contributed by atoms with Crippen LogP contribution in [0.1, 0.15) is 135 Å². The third kappa shape index (κ3) is 7.52. The van der Waals surface area contributed by atoms with E-state index >= 15 is 0 Å². The van der Waals surface area contributed by atoms with E-state index in [1.54, 1.807) is 0 Å². The van der Waals surface area contributed by atoms with Gasteiger partial charge in [0.25, 0.3) is 0 Å². The van der Waals surface area contributed by atoms with E-state index in [9.17, 15) is 0 Å². The van der Waals surface area contributed by atoms with E-state index in [-0.39, 0.29) is 31.9 Å². The molecule has 2 aliphatic heterocycles. The monoisotopic (exact) mass is 887 g/mol. The average Bonchev–Trinajstić information content (AvgIpc) is 3.93. The van der Waals surface area contributed by atoms with Crippen LogP contribution in [-0.2, 0) is 20.1 Å². The molecule has 277 valence electrons. The van der Waals surface area contributed by atoms with E-state index in [1.807, 2.05) is 42.7 Å². The van der Waals surface area contributed by atoms with Gasteiger partial charge in [-0.15, -0.1) is 71.8 Å². The standard InChI is InChI=1S/C28H26NO.C22H24N.Ir/c1-17(2)22-16-23-20-12-8-9-13-24(20)30-28(23)25(18(3)4)26(22)21-14-15-29-27(21)19-10-6-5-7-11-19;1-15(2)18-11-8-12-19(16(3)4)21(18)20-13-14-23-22(20)17-9-6-5-7-10-17;/h5-10,12-18,21H,1-4H3;5-9,11-16,20H,1-4H3;/q2*-1;. The number of hydrogen-bond acceptors (Lipinski definition) is 3. The van der Waals surface area contributed by atoms with E-state index in [0.29, 0.717) is 23.7 Å². The molecular formula is C50H50IrN2O-2. The van der Waals surface area contributed by atoms with Crippen LogP contribution in [-0.4, -0.2) is 11.4 Å². The SMILES string of the molecule is CC(C)c1cc2c(oc3ccccc32)c(C(C)C)c1C1C=CN=C1c1[c-]cccc1.CC(C)c1cccc(C(C)C)c1C1C=CN=C1c1[c-]cccc1.[Ir]. The topological polar surface area (TPSA) is 37.9 Å². The summed E-state index contributed by atoms with van der Waals surface area (Å²) >= 11 is 0. The molecule has 1 radical (unpaired) electrons. The van der Waals surface area contributed by atoms with Crippen LogP contribution in [0.15, 0.2) is 136 Å². The minimum Gasteiger partial charge on any atom is -0.456 e. The molecule has 54 heavy (non-hydrogen) atoms. The van der Waals surface area contributed by atoms with Crippen molar-refractivity contribution in [3.05, 3.63) is 178 Å². The van der Waals surface area contributed by atoms with Crippen LogP contribution in [0, 0.1) is 12.1 Å². The summed E-state index contributed by atoms with van der Waals surface area (Å²) in [5.74, 6) is 2.06. The van der Waals surface area contributed by atoms with Crippen LogP contribution < -0.4 is 0 Å². The largest absolute Gasteiger partial charge is 0.456 e. The van der Waals surface area contributed by atoms with Crippen molar-refractivity contribution in [1.29, 1.82) is 0 Å². The van der Waals surface area contributed by atoms with Crippen molar-refractivity contribution >= 4 is 33.4 Å². The second-order valence-corrected chi connectivity index (χ2v) is 15.5. The van der Waals surface area contributed by atoms with Gasteiger partial charge in [-0.05, 0) is 75.0 Å². The van der Waals surface area contributed by atoms with Crippen molar-refractivity contribution in [2.45, 2.75) is 90.9 Å². The first kappa shape index (κ1) is 39.1. The van der Waals surface area contributed by atoms with Crippen molar-refractivity contribution < 1.29 is 24.5 Å². The molecule has 2 atom stereocenters. The molecule has 0 N–H and O–H groups in total. The van der Waals surface area contributed by atoms with Crippen LogP contribution in [0.25, 0.3) is 21.9 Å². The van der Waals surface area contributed by atoms with Crippen molar-refractivity contribution in [3.63, 3.8) is 0 Å². The maximum atomic E-state index is 6.45. The summed E-state index contributed by atoms with van der Waals surface area (Å²) in [5, 5.41) is 2.41. The molecule has 2 aliphatic rings. The quantitative estimate of drug-likeness (QED) is 0.140. The van der Waals surface area contributed by atoms with Crippen molar-refractivity contribution in [3.8, 4) is 0 Å². The molecule has 8 rings (SSSR count). The third-order valence-corrected chi connectivity index (χ3v) is 10.6. The van der Waals surface area contributed by atoms with Crippen LogP contribution in [0.3, 0.4) is 0 Å². The van der Waals surface area contributed by atoms with E-state index in [0.717, 1.165) is 33.7 Å². The summed E-state index contributed by atoms with van der Waals surface area (Å²) in [6.45, 7) is 18.2. The van der Waals surface area contributed by atoms with E-state index in [1.165, 1.54) is 44.2 Å². The molecule has 0 spiro atoms. The molecular weight excluding hydrogens is 837 g/mol. The summed E-state index contributed by atoms with van der Waals surface area (Å²) in [4.78, 5) is 9.43. The molecule has 0 aliphatic carbocycles. The molecule has 0 fully saturated rings. The maximum absolute atomic E-state index is 6.45. The van der Waals surface area contributed by atoms with Crippen LogP contribution in [0.4, 0.5) is 0 Å². The molecule has 5 aromatic carbocycles. The molecule has 3 heterocycles. The summed E-state index contributed by atoms with van der Waals surface area (Å²) in [5.41, 5.74) is 14.6. The second-order valence-electron chi connectivity index (χ2n) is 15.5. The zero-order valence-electron chi connectivity index (χ0n) is 32.6. The molecule has 0 amide bonds. The molecule has 4 heteroatoms. The average molecular weight is 887 g/mol. The molecule has 3 nitrogen and oxygen atoms in total. The summed E-state index contributed by atoms with van der Waals surface area (Å²) in [6, 6.07) is 40.4. The van der Waals surface area contributed by atoms with Gasteiger partial charge in [0.2, 0.25) is 0 Å². The van der Waals surface area contributed by atoms with Gasteiger partial charge < -0.3 is 14.4 Å². The van der Waals surface area contributed by atoms with Crippen molar-refractivity contribution in [1.82, 2.24) is 0 Å². The van der Waals surface area contributed by atoms with Crippen LogP contribution >= 0.6 is 0 Å². The minimum absolute atomic E-state index is 0.